The molecule has 0 aliphatic carbocycles. The van der Waals surface area contributed by atoms with Gasteiger partial charge in [0.2, 0.25) is 6.08 Å². The molecule has 0 fully saturated rings. The van der Waals surface area contributed by atoms with Crippen LogP contribution in [0.15, 0.2) is 35.3 Å². The van der Waals surface area contributed by atoms with Crippen molar-refractivity contribution in [1.82, 2.24) is 0 Å². The van der Waals surface area contributed by atoms with E-state index in [2.05, 4.69) is 4.99 Å². The smallest absolute Gasteiger partial charge is 0.337 e. The van der Waals surface area contributed by atoms with Gasteiger partial charge in [-0.3, -0.25) is 0 Å². The maximum Gasteiger partial charge on any atom is 0.337 e. The van der Waals surface area contributed by atoms with Crippen molar-refractivity contribution in [2.24, 2.45) is 4.99 Å². The Balaban J connectivity index is 3.34. The summed E-state index contributed by atoms with van der Waals surface area (Å²) in [6, 6.07) is 8.47. The van der Waals surface area contributed by atoms with Gasteiger partial charge in [0.25, 0.3) is 0 Å². The van der Waals surface area contributed by atoms with Gasteiger partial charge in [-0.2, -0.15) is 4.99 Å². The highest BCUT2D eigenvalue weighted by atomic mass is 16.4. The number of carboxylic acid groups (broad SMARTS) is 1. The average Bonchev–Trinajstić information content (AvgIpc) is 2.26. The van der Waals surface area contributed by atoms with E-state index < -0.39 is 11.5 Å². The molecule has 0 spiro atoms. The van der Waals surface area contributed by atoms with Crippen molar-refractivity contribution in [3.8, 4) is 0 Å². The van der Waals surface area contributed by atoms with Crippen LogP contribution in [0.25, 0.3) is 0 Å². The summed E-state index contributed by atoms with van der Waals surface area (Å²) in [5.41, 5.74) is -1.01. The normalized spacial score (nSPS) is 13.7. The minimum absolute atomic E-state index is 0.210. The van der Waals surface area contributed by atoms with Gasteiger partial charge in [-0.25, -0.2) is 9.59 Å². The van der Waals surface area contributed by atoms with E-state index in [-0.39, 0.29) is 6.42 Å². The number of rotatable bonds is 4. The van der Waals surface area contributed by atoms with E-state index in [9.17, 15) is 9.59 Å². The molecule has 0 aromatic heterocycles. The van der Waals surface area contributed by atoms with Crippen LogP contribution in [0.5, 0.6) is 0 Å². The molecule has 1 aromatic rings. The van der Waals surface area contributed by atoms with Gasteiger partial charge in [-0.1, -0.05) is 37.3 Å². The van der Waals surface area contributed by atoms with E-state index in [1.165, 1.54) is 6.08 Å². The van der Waals surface area contributed by atoms with Crippen molar-refractivity contribution in [2.75, 3.05) is 0 Å². The summed E-state index contributed by atoms with van der Waals surface area (Å²) in [5, 5.41) is 9.14. The van der Waals surface area contributed by atoms with Gasteiger partial charge in [-0.15, -0.1) is 0 Å². The minimum atomic E-state index is -1.50. The van der Waals surface area contributed by atoms with Crippen LogP contribution in [0.4, 0.5) is 0 Å². The Kier molecular flexibility index (Phi) is 3.37. The van der Waals surface area contributed by atoms with E-state index in [0.29, 0.717) is 5.56 Å². The number of isocyanates is 1. The van der Waals surface area contributed by atoms with Crippen LogP contribution in [-0.4, -0.2) is 17.2 Å². The van der Waals surface area contributed by atoms with E-state index in [4.69, 9.17) is 5.11 Å². The summed E-state index contributed by atoms with van der Waals surface area (Å²) < 4.78 is 0. The number of hydrogen-bond acceptors (Lipinski definition) is 3. The monoisotopic (exact) mass is 205 g/mol. The van der Waals surface area contributed by atoms with Crippen molar-refractivity contribution in [2.45, 2.75) is 18.9 Å². The predicted octanol–water partition coefficient (Wildman–Crippen LogP) is 1.71. The summed E-state index contributed by atoms with van der Waals surface area (Å²) in [4.78, 5) is 24.9. The number of carbonyl (C=O) groups excluding carboxylic acids is 1. The fourth-order valence-electron chi connectivity index (χ4n) is 1.46. The fraction of sp³-hybridized carbons (Fsp3) is 0.273. The van der Waals surface area contributed by atoms with Crippen molar-refractivity contribution in [1.29, 1.82) is 0 Å². The molecule has 0 saturated carbocycles. The molecule has 0 radical (unpaired) electrons. The van der Waals surface area contributed by atoms with Crippen molar-refractivity contribution < 1.29 is 14.7 Å². The molecule has 4 nitrogen and oxygen atoms in total. The quantitative estimate of drug-likeness (QED) is 0.601. The molecule has 0 heterocycles. The molecule has 0 saturated heterocycles. The Morgan fingerprint density at radius 2 is 2.07 bits per heavy atom. The SMILES string of the molecule is CCC(N=C=O)(C(=O)O)c1ccccc1. The first-order chi connectivity index (χ1) is 7.17. The van der Waals surface area contributed by atoms with E-state index in [0.717, 1.165) is 0 Å². The molecule has 1 aromatic carbocycles. The molecule has 1 unspecified atom stereocenters. The lowest BCUT2D eigenvalue weighted by Crippen LogP contribution is -2.32. The second kappa shape index (κ2) is 4.53. The van der Waals surface area contributed by atoms with E-state index in [1.54, 1.807) is 37.3 Å². The van der Waals surface area contributed by atoms with Crippen LogP contribution in [0, 0.1) is 0 Å². The molecular formula is C11H11NO3. The van der Waals surface area contributed by atoms with Gasteiger partial charge in [0.1, 0.15) is 0 Å². The molecular weight excluding hydrogens is 194 g/mol. The number of benzene rings is 1. The second-order valence-corrected chi connectivity index (χ2v) is 3.09. The number of carbonyl (C=O) groups is 1. The van der Waals surface area contributed by atoms with Crippen molar-refractivity contribution in [3.63, 3.8) is 0 Å². The van der Waals surface area contributed by atoms with Gasteiger partial charge >= 0.3 is 5.97 Å². The maximum atomic E-state index is 11.2. The van der Waals surface area contributed by atoms with Crippen molar-refractivity contribution >= 4 is 12.0 Å². The third-order valence-electron chi connectivity index (χ3n) is 2.35. The maximum absolute atomic E-state index is 11.2. The number of aliphatic imine (C=N–C) groups is 1. The third kappa shape index (κ3) is 1.95. The Labute approximate surface area is 87.3 Å². The Hall–Kier alpha value is -1.93. The summed E-state index contributed by atoms with van der Waals surface area (Å²) in [6.07, 6.45) is 1.54. The number of aliphatic carboxylic acids is 1. The number of carboxylic acids is 1. The van der Waals surface area contributed by atoms with E-state index >= 15 is 0 Å². The highest BCUT2D eigenvalue weighted by molar-refractivity contribution is 5.82. The molecule has 0 aliphatic heterocycles. The average molecular weight is 205 g/mol. The molecule has 0 amide bonds. The Morgan fingerprint density at radius 1 is 1.47 bits per heavy atom. The summed E-state index contributed by atoms with van der Waals surface area (Å²) >= 11 is 0. The van der Waals surface area contributed by atoms with Crippen LogP contribution in [0.1, 0.15) is 18.9 Å². The summed E-state index contributed by atoms with van der Waals surface area (Å²) in [7, 11) is 0. The van der Waals surface area contributed by atoms with Crippen LogP contribution < -0.4 is 0 Å². The Bertz CT molecular complexity index is 392. The Morgan fingerprint density at radius 3 is 2.47 bits per heavy atom. The zero-order valence-electron chi connectivity index (χ0n) is 8.30. The van der Waals surface area contributed by atoms with Gasteiger partial charge in [0, 0.05) is 0 Å². The largest absolute Gasteiger partial charge is 0.479 e. The molecule has 4 heteroatoms. The molecule has 15 heavy (non-hydrogen) atoms. The number of nitrogens with zero attached hydrogens (tertiary/aromatic N) is 1. The lowest BCUT2D eigenvalue weighted by molar-refractivity contribution is -0.143. The fourth-order valence-corrected chi connectivity index (χ4v) is 1.46. The summed E-state index contributed by atoms with van der Waals surface area (Å²) in [6.45, 7) is 1.67. The van der Waals surface area contributed by atoms with Gasteiger partial charge in [0.05, 0.1) is 0 Å². The van der Waals surface area contributed by atoms with Crippen LogP contribution in [0.3, 0.4) is 0 Å². The van der Waals surface area contributed by atoms with Gasteiger partial charge in [0.15, 0.2) is 5.54 Å². The molecule has 0 bridgehead atoms. The molecule has 0 aliphatic rings. The first kappa shape index (κ1) is 11.1. The molecule has 1 rings (SSSR count). The second-order valence-electron chi connectivity index (χ2n) is 3.09. The molecule has 1 atom stereocenters. The highest BCUT2D eigenvalue weighted by Gasteiger charge is 2.38. The lowest BCUT2D eigenvalue weighted by atomic mass is 9.88. The van der Waals surface area contributed by atoms with Crippen LogP contribution in [0.2, 0.25) is 0 Å². The highest BCUT2D eigenvalue weighted by Crippen LogP contribution is 2.29. The van der Waals surface area contributed by atoms with Gasteiger partial charge in [-0.05, 0) is 12.0 Å². The first-order valence-electron chi connectivity index (χ1n) is 4.55. The zero-order valence-corrected chi connectivity index (χ0v) is 8.30. The third-order valence-corrected chi connectivity index (χ3v) is 2.35. The standard InChI is InChI=1S/C11H11NO3/c1-2-11(10(14)15,12-8-13)9-6-4-3-5-7-9/h3-7H,2H2,1H3,(H,14,15). The predicted molar refractivity (Wildman–Crippen MR) is 54.2 cm³/mol. The topological polar surface area (TPSA) is 66.7 Å². The van der Waals surface area contributed by atoms with Crippen LogP contribution >= 0.6 is 0 Å². The van der Waals surface area contributed by atoms with E-state index in [1.807, 2.05) is 0 Å². The summed E-state index contributed by atoms with van der Waals surface area (Å²) in [5.74, 6) is -1.14. The first-order valence-corrected chi connectivity index (χ1v) is 4.55. The number of hydrogen-bond donors (Lipinski definition) is 1. The van der Waals surface area contributed by atoms with Crippen molar-refractivity contribution in [3.05, 3.63) is 35.9 Å². The molecule has 1 N–H and O–H groups in total. The van der Waals surface area contributed by atoms with Gasteiger partial charge < -0.3 is 5.11 Å². The lowest BCUT2D eigenvalue weighted by Gasteiger charge is -2.21. The zero-order chi connectivity index (χ0) is 11.3. The minimum Gasteiger partial charge on any atom is -0.479 e. The molecule has 78 valence electrons. The van der Waals surface area contributed by atoms with Crippen LogP contribution in [-0.2, 0) is 15.1 Å².